The number of nitrogens with zero attached hydrogens (tertiary/aromatic N) is 1. The van der Waals surface area contributed by atoms with Gasteiger partial charge in [0.25, 0.3) is 0 Å². The van der Waals surface area contributed by atoms with Crippen LogP contribution in [0.2, 0.25) is 0 Å². The molecular formula is C9H10N2OS. The zero-order valence-electron chi connectivity index (χ0n) is 7.03. The average Bonchev–Trinajstić information content (AvgIpc) is 2.70. The Bertz CT molecular complexity index is 367. The van der Waals surface area contributed by atoms with Crippen molar-refractivity contribution in [1.82, 2.24) is 9.97 Å². The maximum Gasteiger partial charge on any atom is 0.108 e. The molecule has 68 valence electrons. The highest BCUT2D eigenvalue weighted by Crippen LogP contribution is 2.22. The lowest BCUT2D eigenvalue weighted by molar-refractivity contribution is 0.297. The van der Waals surface area contributed by atoms with Crippen LogP contribution in [-0.4, -0.2) is 21.7 Å². The zero-order chi connectivity index (χ0) is 9.10. The number of aliphatic hydroxyl groups is 1. The Morgan fingerprint density at radius 3 is 3.15 bits per heavy atom. The van der Waals surface area contributed by atoms with E-state index in [-0.39, 0.29) is 6.61 Å². The summed E-state index contributed by atoms with van der Waals surface area (Å²) in [4.78, 5) is 8.49. The number of aliphatic hydroxyl groups excluding tert-OH is 1. The SMILES string of the molecule is OCCc1ncc(-c2cccs2)[nH]1. The molecule has 0 bridgehead atoms. The van der Waals surface area contributed by atoms with Crippen molar-refractivity contribution in [2.24, 2.45) is 0 Å². The van der Waals surface area contributed by atoms with E-state index in [1.165, 1.54) is 4.88 Å². The summed E-state index contributed by atoms with van der Waals surface area (Å²) in [6, 6.07) is 4.05. The first-order valence-electron chi connectivity index (χ1n) is 4.09. The summed E-state index contributed by atoms with van der Waals surface area (Å²) in [5.74, 6) is 0.839. The van der Waals surface area contributed by atoms with E-state index in [9.17, 15) is 0 Å². The van der Waals surface area contributed by atoms with Crippen molar-refractivity contribution in [3.05, 3.63) is 29.5 Å². The van der Waals surface area contributed by atoms with E-state index < -0.39 is 0 Å². The molecule has 2 aromatic rings. The Hall–Kier alpha value is -1.13. The molecule has 4 heteroatoms. The summed E-state index contributed by atoms with van der Waals surface area (Å²) in [6.07, 6.45) is 2.39. The molecule has 0 saturated heterocycles. The van der Waals surface area contributed by atoms with Crippen LogP contribution in [0.5, 0.6) is 0 Å². The number of thiophene rings is 1. The van der Waals surface area contributed by atoms with E-state index in [1.807, 2.05) is 17.5 Å². The second-order valence-corrected chi connectivity index (χ2v) is 3.64. The third-order valence-corrected chi connectivity index (χ3v) is 2.67. The van der Waals surface area contributed by atoms with Gasteiger partial charge in [0.05, 0.1) is 23.4 Å². The number of imidazole rings is 1. The fraction of sp³-hybridized carbons (Fsp3) is 0.222. The molecule has 0 atom stereocenters. The van der Waals surface area contributed by atoms with Crippen molar-refractivity contribution in [2.45, 2.75) is 6.42 Å². The van der Waals surface area contributed by atoms with Gasteiger partial charge in [-0.1, -0.05) is 6.07 Å². The Labute approximate surface area is 80.1 Å². The van der Waals surface area contributed by atoms with Crippen molar-refractivity contribution >= 4 is 11.3 Å². The fourth-order valence-electron chi connectivity index (χ4n) is 1.15. The maximum absolute atomic E-state index is 8.70. The van der Waals surface area contributed by atoms with Gasteiger partial charge in [0.15, 0.2) is 0 Å². The number of nitrogens with one attached hydrogen (secondary N) is 1. The Balaban J connectivity index is 2.23. The van der Waals surface area contributed by atoms with Gasteiger partial charge in [-0.3, -0.25) is 0 Å². The first-order valence-corrected chi connectivity index (χ1v) is 4.97. The van der Waals surface area contributed by atoms with Crippen LogP contribution in [-0.2, 0) is 6.42 Å². The number of hydrogen-bond acceptors (Lipinski definition) is 3. The smallest absolute Gasteiger partial charge is 0.108 e. The van der Waals surface area contributed by atoms with Gasteiger partial charge in [0, 0.05) is 6.42 Å². The molecule has 0 fully saturated rings. The zero-order valence-corrected chi connectivity index (χ0v) is 7.84. The third-order valence-electron chi connectivity index (χ3n) is 1.76. The fourth-order valence-corrected chi connectivity index (χ4v) is 1.84. The van der Waals surface area contributed by atoms with Crippen molar-refractivity contribution in [3.8, 4) is 10.6 Å². The van der Waals surface area contributed by atoms with Crippen LogP contribution in [0.1, 0.15) is 5.82 Å². The molecule has 0 aliphatic carbocycles. The minimum absolute atomic E-state index is 0.136. The summed E-state index contributed by atoms with van der Waals surface area (Å²) < 4.78 is 0. The Morgan fingerprint density at radius 1 is 1.54 bits per heavy atom. The Morgan fingerprint density at radius 2 is 2.46 bits per heavy atom. The standard InChI is InChI=1S/C9H10N2OS/c12-4-3-9-10-6-7(11-9)8-2-1-5-13-8/h1-2,5-6,12H,3-4H2,(H,10,11). The predicted molar refractivity (Wildman–Crippen MR) is 52.7 cm³/mol. The van der Waals surface area contributed by atoms with Gasteiger partial charge in [-0.2, -0.15) is 0 Å². The van der Waals surface area contributed by atoms with Crippen LogP contribution in [0.4, 0.5) is 0 Å². The summed E-state index contributed by atoms with van der Waals surface area (Å²) in [6.45, 7) is 0.136. The minimum atomic E-state index is 0.136. The molecule has 0 saturated carbocycles. The molecule has 0 aromatic carbocycles. The Kier molecular flexibility index (Phi) is 2.42. The van der Waals surface area contributed by atoms with Crippen LogP contribution < -0.4 is 0 Å². The van der Waals surface area contributed by atoms with Crippen LogP contribution in [0.25, 0.3) is 10.6 Å². The lowest BCUT2D eigenvalue weighted by atomic mass is 10.4. The van der Waals surface area contributed by atoms with Crippen LogP contribution in [0, 0.1) is 0 Å². The van der Waals surface area contributed by atoms with Gasteiger partial charge in [-0.05, 0) is 11.4 Å². The minimum Gasteiger partial charge on any atom is -0.396 e. The number of aromatic nitrogens is 2. The van der Waals surface area contributed by atoms with Crippen LogP contribution in [0.15, 0.2) is 23.7 Å². The first-order chi connectivity index (χ1) is 6.40. The molecule has 2 N–H and O–H groups in total. The highest BCUT2D eigenvalue weighted by Gasteiger charge is 2.02. The number of rotatable bonds is 3. The van der Waals surface area contributed by atoms with Gasteiger partial charge in [0.1, 0.15) is 5.82 Å². The first kappa shape index (κ1) is 8.47. The number of H-pyrrole nitrogens is 1. The van der Waals surface area contributed by atoms with E-state index in [1.54, 1.807) is 17.5 Å². The van der Waals surface area contributed by atoms with Gasteiger partial charge in [0.2, 0.25) is 0 Å². The van der Waals surface area contributed by atoms with Crippen LogP contribution in [0.3, 0.4) is 0 Å². The molecule has 3 nitrogen and oxygen atoms in total. The number of hydrogen-bond donors (Lipinski definition) is 2. The molecule has 0 amide bonds. The monoisotopic (exact) mass is 194 g/mol. The second kappa shape index (κ2) is 3.72. The van der Waals surface area contributed by atoms with E-state index in [0.29, 0.717) is 6.42 Å². The molecule has 0 aliphatic rings. The van der Waals surface area contributed by atoms with E-state index in [0.717, 1.165) is 11.5 Å². The van der Waals surface area contributed by atoms with Crippen molar-refractivity contribution in [2.75, 3.05) is 6.61 Å². The van der Waals surface area contributed by atoms with Crippen molar-refractivity contribution in [3.63, 3.8) is 0 Å². The molecule has 13 heavy (non-hydrogen) atoms. The second-order valence-electron chi connectivity index (χ2n) is 2.69. The van der Waals surface area contributed by atoms with Gasteiger partial charge in [-0.15, -0.1) is 11.3 Å². The molecule has 2 heterocycles. The molecule has 0 spiro atoms. The molecule has 0 radical (unpaired) electrons. The molecule has 2 rings (SSSR count). The topological polar surface area (TPSA) is 48.9 Å². The van der Waals surface area contributed by atoms with Gasteiger partial charge in [-0.25, -0.2) is 4.98 Å². The molecular weight excluding hydrogens is 184 g/mol. The highest BCUT2D eigenvalue weighted by atomic mass is 32.1. The van der Waals surface area contributed by atoms with Crippen molar-refractivity contribution < 1.29 is 5.11 Å². The molecule has 0 unspecified atom stereocenters. The average molecular weight is 194 g/mol. The summed E-state index contributed by atoms with van der Waals surface area (Å²) in [7, 11) is 0. The number of aromatic amines is 1. The summed E-state index contributed by atoms with van der Waals surface area (Å²) in [5, 5.41) is 10.7. The summed E-state index contributed by atoms with van der Waals surface area (Å²) in [5.41, 5.74) is 1.03. The lowest BCUT2D eigenvalue weighted by Crippen LogP contribution is -1.92. The highest BCUT2D eigenvalue weighted by molar-refractivity contribution is 7.13. The van der Waals surface area contributed by atoms with E-state index in [2.05, 4.69) is 9.97 Å². The van der Waals surface area contributed by atoms with E-state index in [4.69, 9.17) is 5.11 Å². The van der Waals surface area contributed by atoms with Gasteiger partial charge < -0.3 is 10.1 Å². The van der Waals surface area contributed by atoms with Crippen molar-refractivity contribution in [1.29, 1.82) is 0 Å². The predicted octanol–water partition coefficient (Wildman–Crippen LogP) is 1.67. The largest absolute Gasteiger partial charge is 0.396 e. The normalized spacial score (nSPS) is 10.5. The van der Waals surface area contributed by atoms with E-state index >= 15 is 0 Å². The maximum atomic E-state index is 8.70. The summed E-state index contributed by atoms with van der Waals surface area (Å²) >= 11 is 1.67. The van der Waals surface area contributed by atoms with Crippen LogP contribution >= 0.6 is 11.3 Å². The third kappa shape index (κ3) is 1.79. The lowest BCUT2D eigenvalue weighted by Gasteiger charge is -1.90. The van der Waals surface area contributed by atoms with Gasteiger partial charge >= 0.3 is 0 Å². The molecule has 2 aromatic heterocycles. The quantitative estimate of drug-likeness (QED) is 0.781. The molecule has 0 aliphatic heterocycles.